The summed E-state index contributed by atoms with van der Waals surface area (Å²) in [6, 6.07) is 7.58. The van der Waals surface area contributed by atoms with Crippen LogP contribution in [0.2, 0.25) is 0 Å². The molecule has 0 radical (unpaired) electrons. The lowest BCUT2D eigenvalue weighted by atomic mass is 9.84. The molecule has 0 aromatic heterocycles. The van der Waals surface area contributed by atoms with Gasteiger partial charge in [-0.1, -0.05) is 32.1 Å². The monoisotopic (exact) mass is 233 g/mol. The van der Waals surface area contributed by atoms with E-state index in [0.717, 1.165) is 18.4 Å². The fraction of sp³-hybridized carbons (Fsp3) is 0.467. The summed E-state index contributed by atoms with van der Waals surface area (Å²) < 4.78 is 13.2. The quantitative estimate of drug-likeness (QED) is 0.782. The van der Waals surface area contributed by atoms with Crippen molar-refractivity contribution in [2.45, 2.75) is 38.8 Å². The van der Waals surface area contributed by atoms with Crippen molar-refractivity contribution in [3.05, 3.63) is 48.3 Å². The van der Waals surface area contributed by atoms with Crippen LogP contribution in [0.5, 0.6) is 0 Å². The molecule has 1 aromatic carbocycles. The van der Waals surface area contributed by atoms with E-state index >= 15 is 0 Å². The molecule has 1 aromatic rings. The van der Waals surface area contributed by atoms with Crippen LogP contribution in [0.1, 0.15) is 38.3 Å². The topological polar surface area (TPSA) is 12.0 Å². The third-order valence-corrected chi connectivity index (χ3v) is 3.82. The average Bonchev–Trinajstić information content (AvgIpc) is 2.79. The molecule has 0 amide bonds. The van der Waals surface area contributed by atoms with Crippen molar-refractivity contribution in [3.63, 3.8) is 0 Å². The first-order valence-corrected chi connectivity index (χ1v) is 6.18. The van der Waals surface area contributed by atoms with Gasteiger partial charge in [-0.25, -0.2) is 4.39 Å². The smallest absolute Gasteiger partial charge is 0.123 e. The van der Waals surface area contributed by atoms with Gasteiger partial charge in [-0.15, -0.1) is 6.58 Å². The predicted molar refractivity (Wildman–Crippen MR) is 69.3 cm³/mol. The predicted octanol–water partition coefficient (Wildman–Crippen LogP) is 3.83. The second-order valence-electron chi connectivity index (χ2n) is 5.43. The van der Waals surface area contributed by atoms with Crippen LogP contribution in [-0.2, 0) is 0 Å². The van der Waals surface area contributed by atoms with Gasteiger partial charge in [-0.3, -0.25) is 0 Å². The van der Waals surface area contributed by atoms with Gasteiger partial charge in [-0.2, -0.15) is 0 Å². The Labute approximate surface area is 103 Å². The highest BCUT2D eigenvalue weighted by atomic mass is 19.1. The van der Waals surface area contributed by atoms with Crippen molar-refractivity contribution in [3.8, 4) is 0 Å². The molecular weight excluding hydrogens is 213 g/mol. The van der Waals surface area contributed by atoms with Crippen molar-refractivity contribution in [1.29, 1.82) is 0 Å². The Morgan fingerprint density at radius 3 is 2.82 bits per heavy atom. The summed E-state index contributed by atoms with van der Waals surface area (Å²) in [5.41, 5.74) is 1.13. The highest BCUT2D eigenvalue weighted by molar-refractivity contribution is 5.22. The van der Waals surface area contributed by atoms with Gasteiger partial charge < -0.3 is 5.32 Å². The van der Waals surface area contributed by atoms with Crippen LogP contribution < -0.4 is 5.32 Å². The van der Waals surface area contributed by atoms with Crippen LogP contribution in [0.3, 0.4) is 0 Å². The van der Waals surface area contributed by atoms with Gasteiger partial charge in [0.25, 0.3) is 0 Å². The number of benzene rings is 1. The van der Waals surface area contributed by atoms with E-state index in [-0.39, 0.29) is 17.3 Å². The maximum Gasteiger partial charge on any atom is 0.123 e. The Morgan fingerprint density at radius 1 is 1.41 bits per heavy atom. The van der Waals surface area contributed by atoms with Gasteiger partial charge in [0.2, 0.25) is 0 Å². The molecule has 0 bridgehead atoms. The molecule has 0 spiro atoms. The second kappa shape index (κ2) is 4.61. The number of halogens is 1. The number of hydrogen-bond acceptors (Lipinski definition) is 1. The standard InChI is InChI=1S/C15H20FN/c1-4-15(2,3)14-9-8-13(17-14)11-6-5-7-12(16)10-11/h4-7,10,13-14,17H,1,8-9H2,2-3H3. The van der Waals surface area contributed by atoms with Crippen LogP contribution >= 0.6 is 0 Å². The summed E-state index contributed by atoms with van der Waals surface area (Å²) in [5.74, 6) is -0.157. The molecule has 2 heteroatoms. The largest absolute Gasteiger partial charge is 0.306 e. The summed E-state index contributed by atoms with van der Waals surface area (Å²) in [6.45, 7) is 8.26. The fourth-order valence-corrected chi connectivity index (χ4v) is 2.46. The fourth-order valence-electron chi connectivity index (χ4n) is 2.46. The molecule has 1 heterocycles. The van der Waals surface area contributed by atoms with Crippen LogP contribution in [0.4, 0.5) is 4.39 Å². The van der Waals surface area contributed by atoms with Crippen molar-refractivity contribution >= 4 is 0 Å². The summed E-state index contributed by atoms with van der Waals surface area (Å²) in [6.07, 6.45) is 4.17. The van der Waals surface area contributed by atoms with Gasteiger partial charge in [0.05, 0.1) is 0 Å². The Morgan fingerprint density at radius 2 is 2.18 bits per heavy atom. The Kier molecular flexibility index (Phi) is 3.34. The molecule has 1 nitrogen and oxygen atoms in total. The first-order chi connectivity index (χ1) is 8.03. The molecule has 1 saturated heterocycles. The van der Waals surface area contributed by atoms with Gasteiger partial charge in [0.15, 0.2) is 0 Å². The van der Waals surface area contributed by atoms with Crippen LogP contribution in [0.15, 0.2) is 36.9 Å². The first kappa shape index (κ1) is 12.3. The highest BCUT2D eigenvalue weighted by Crippen LogP contribution is 2.35. The van der Waals surface area contributed by atoms with Crippen molar-refractivity contribution in [2.24, 2.45) is 5.41 Å². The SMILES string of the molecule is C=CC(C)(C)C1CCC(c2cccc(F)c2)N1. The summed E-state index contributed by atoms with van der Waals surface area (Å²) in [7, 11) is 0. The minimum absolute atomic E-state index is 0.0854. The Hall–Kier alpha value is -1.15. The molecule has 2 atom stereocenters. The van der Waals surface area contributed by atoms with E-state index in [1.807, 2.05) is 12.1 Å². The summed E-state index contributed by atoms with van der Waals surface area (Å²) in [5, 5.41) is 3.59. The molecule has 2 rings (SSSR count). The number of hydrogen-bond donors (Lipinski definition) is 1. The van der Waals surface area contributed by atoms with E-state index in [4.69, 9.17) is 0 Å². The van der Waals surface area contributed by atoms with Crippen LogP contribution in [0, 0.1) is 11.2 Å². The molecular formula is C15H20FN. The molecule has 1 N–H and O–H groups in total. The maximum absolute atomic E-state index is 13.2. The Balaban J connectivity index is 2.10. The second-order valence-corrected chi connectivity index (χ2v) is 5.43. The molecule has 1 aliphatic rings. The molecule has 0 aliphatic carbocycles. The van der Waals surface area contributed by atoms with E-state index in [9.17, 15) is 4.39 Å². The van der Waals surface area contributed by atoms with E-state index in [2.05, 4.69) is 25.7 Å². The minimum atomic E-state index is -0.157. The zero-order valence-electron chi connectivity index (χ0n) is 10.5. The minimum Gasteiger partial charge on any atom is -0.306 e. The molecule has 17 heavy (non-hydrogen) atoms. The molecule has 1 aliphatic heterocycles. The maximum atomic E-state index is 13.2. The lowest BCUT2D eigenvalue weighted by Gasteiger charge is -2.29. The summed E-state index contributed by atoms with van der Waals surface area (Å²) in [4.78, 5) is 0. The van der Waals surface area contributed by atoms with E-state index in [1.165, 1.54) is 6.07 Å². The number of rotatable bonds is 3. The highest BCUT2D eigenvalue weighted by Gasteiger charge is 2.33. The van der Waals surface area contributed by atoms with E-state index < -0.39 is 0 Å². The van der Waals surface area contributed by atoms with Crippen molar-refractivity contribution in [2.75, 3.05) is 0 Å². The molecule has 92 valence electrons. The third kappa shape index (κ3) is 2.58. The summed E-state index contributed by atoms with van der Waals surface area (Å²) >= 11 is 0. The van der Waals surface area contributed by atoms with Gasteiger partial charge >= 0.3 is 0 Å². The Bertz CT molecular complexity index is 411. The number of nitrogens with one attached hydrogen (secondary N) is 1. The van der Waals surface area contributed by atoms with E-state index in [1.54, 1.807) is 12.1 Å². The third-order valence-electron chi connectivity index (χ3n) is 3.82. The van der Waals surface area contributed by atoms with Crippen molar-refractivity contribution in [1.82, 2.24) is 5.32 Å². The van der Waals surface area contributed by atoms with Crippen molar-refractivity contribution < 1.29 is 4.39 Å². The zero-order valence-corrected chi connectivity index (χ0v) is 10.5. The average molecular weight is 233 g/mol. The molecule has 2 unspecified atom stereocenters. The van der Waals surface area contributed by atoms with Gasteiger partial charge in [-0.05, 0) is 36.0 Å². The lowest BCUT2D eigenvalue weighted by Crippen LogP contribution is -2.36. The normalized spacial score (nSPS) is 24.9. The lowest BCUT2D eigenvalue weighted by molar-refractivity contribution is 0.332. The molecule has 0 saturated carbocycles. The molecule has 1 fully saturated rings. The van der Waals surface area contributed by atoms with E-state index in [0.29, 0.717) is 6.04 Å². The zero-order chi connectivity index (χ0) is 12.5. The van der Waals surface area contributed by atoms with Gasteiger partial charge in [0.1, 0.15) is 5.82 Å². The van der Waals surface area contributed by atoms with Gasteiger partial charge in [0, 0.05) is 12.1 Å². The van der Waals surface area contributed by atoms with Crippen LogP contribution in [-0.4, -0.2) is 6.04 Å². The van der Waals surface area contributed by atoms with Crippen LogP contribution in [0.25, 0.3) is 0 Å². The first-order valence-electron chi connectivity index (χ1n) is 6.18.